The van der Waals surface area contributed by atoms with Crippen molar-refractivity contribution in [1.29, 1.82) is 0 Å². The van der Waals surface area contributed by atoms with Crippen LogP contribution >= 0.6 is 0 Å². The Bertz CT molecular complexity index is 2390. The molecule has 0 aromatic heterocycles. The zero-order valence-electron chi connectivity index (χ0n) is 30.9. The maximum Gasteiger partial charge on any atom is 0.305 e. The Hall–Kier alpha value is -5.93. The number of aryl methyl sites for hydroxylation is 1. The van der Waals surface area contributed by atoms with Gasteiger partial charge in [-0.15, -0.1) is 0 Å². The van der Waals surface area contributed by atoms with Crippen molar-refractivity contribution in [3.8, 4) is 0 Å². The van der Waals surface area contributed by atoms with E-state index in [2.05, 4.69) is 190 Å². The van der Waals surface area contributed by atoms with Crippen molar-refractivity contribution in [2.24, 2.45) is 0 Å². The van der Waals surface area contributed by atoms with E-state index in [1.807, 2.05) is 0 Å². The third kappa shape index (κ3) is 7.00. The van der Waals surface area contributed by atoms with Crippen molar-refractivity contribution in [3.05, 3.63) is 210 Å². The van der Waals surface area contributed by atoms with E-state index in [4.69, 9.17) is 6.58 Å². The molecule has 0 bridgehead atoms. The summed E-state index contributed by atoms with van der Waals surface area (Å²) in [5, 5.41) is 14.7. The fourth-order valence-corrected chi connectivity index (χ4v) is 8.57. The Morgan fingerprint density at radius 1 is 0.755 bits per heavy atom. The summed E-state index contributed by atoms with van der Waals surface area (Å²) in [6.07, 6.45) is 12.3. The minimum absolute atomic E-state index is 0.0437. The number of carboxylic acids is 1. The van der Waals surface area contributed by atoms with Gasteiger partial charge in [0, 0.05) is 28.8 Å². The lowest BCUT2D eigenvalue weighted by atomic mass is 9.69. The summed E-state index contributed by atoms with van der Waals surface area (Å²) in [7, 11) is 0. The van der Waals surface area contributed by atoms with Crippen LogP contribution in [-0.4, -0.2) is 17.6 Å². The van der Waals surface area contributed by atoms with Gasteiger partial charge in [0.25, 0.3) is 0 Å². The summed E-state index contributed by atoms with van der Waals surface area (Å²) in [5.74, 6) is -0.805. The van der Waals surface area contributed by atoms with Crippen LogP contribution in [0.5, 0.6) is 0 Å². The van der Waals surface area contributed by atoms with E-state index < -0.39 is 11.4 Å². The Balaban J connectivity index is 1.28. The molecule has 3 heteroatoms. The smallest absolute Gasteiger partial charge is 0.305 e. The Labute approximate surface area is 313 Å². The molecule has 2 atom stereocenters. The summed E-state index contributed by atoms with van der Waals surface area (Å²) in [4.78, 5) is 14.1. The molecule has 6 aromatic carbocycles. The lowest BCUT2D eigenvalue weighted by Crippen LogP contribution is -2.32. The average Bonchev–Trinajstić information content (AvgIpc) is 3.40. The van der Waals surface area contributed by atoms with Gasteiger partial charge in [-0.2, -0.15) is 0 Å². The van der Waals surface area contributed by atoms with E-state index in [1.165, 1.54) is 49.4 Å². The van der Waals surface area contributed by atoms with E-state index in [1.54, 1.807) is 0 Å². The first-order chi connectivity index (χ1) is 25.7. The number of fused-ring (bicyclic) bond motifs is 4. The second-order valence-corrected chi connectivity index (χ2v) is 14.8. The molecule has 3 nitrogen and oxygen atoms in total. The van der Waals surface area contributed by atoms with Crippen molar-refractivity contribution in [2.75, 3.05) is 11.4 Å². The number of aliphatic carboxylic acids is 1. The summed E-state index contributed by atoms with van der Waals surface area (Å²) >= 11 is 0. The van der Waals surface area contributed by atoms with Crippen LogP contribution in [0.3, 0.4) is 0 Å². The molecule has 1 heterocycles. The lowest BCUT2D eigenvalue weighted by molar-refractivity contribution is -0.136. The minimum Gasteiger partial charge on any atom is -0.481 e. The van der Waals surface area contributed by atoms with Crippen LogP contribution in [0.2, 0.25) is 0 Å². The number of carboxylic acid groups (broad SMARTS) is 1. The number of carbonyl (C=O) groups is 1. The number of benzene rings is 6. The Morgan fingerprint density at radius 3 is 2.06 bits per heavy atom. The van der Waals surface area contributed by atoms with Crippen LogP contribution in [0.1, 0.15) is 48.1 Å². The van der Waals surface area contributed by atoms with Crippen molar-refractivity contribution < 1.29 is 9.90 Å². The van der Waals surface area contributed by atoms with Gasteiger partial charge in [-0.1, -0.05) is 165 Å². The molecule has 264 valence electrons. The molecular formula is C50H47NO2. The highest BCUT2D eigenvalue weighted by molar-refractivity contribution is 5.95. The third-order valence-corrected chi connectivity index (χ3v) is 11.1. The largest absolute Gasteiger partial charge is 0.481 e. The highest BCUT2D eigenvalue weighted by Gasteiger charge is 2.44. The van der Waals surface area contributed by atoms with Crippen LogP contribution in [-0.2, 0) is 28.5 Å². The molecule has 53 heavy (non-hydrogen) atoms. The predicted molar refractivity (Wildman–Crippen MR) is 223 cm³/mol. The van der Waals surface area contributed by atoms with Gasteiger partial charge in [0.05, 0.1) is 6.42 Å². The van der Waals surface area contributed by atoms with Gasteiger partial charge in [0.1, 0.15) is 0 Å². The standard InChI is InChI=1S/C50H47NO2/c1-36-28-29-40-23-14-16-25-42(40)47(36)49(3,34-38-19-9-6-10-20-38)37(2)18-8-5-13-27-45-50(4,35-39-21-11-7-12-22-39)48-43-26-17-15-24-41(43)30-31-44(48)51(45)33-32-46(52)53/h5-31H,2,32-35H2,1,3-4H3,(H,52,53)/b13-5+,18-8+,45-27+. The van der Waals surface area contributed by atoms with Crippen molar-refractivity contribution in [3.63, 3.8) is 0 Å². The molecule has 1 aliphatic heterocycles. The molecule has 1 N–H and O–H groups in total. The molecule has 0 saturated carbocycles. The summed E-state index contributed by atoms with van der Waals surface area (Å²) in [5.41, 5.74) is 8.77. The first-order valence-corrected chi connectivity index (χ1v) is 18.5. The lowest BCUT2D eigenvalue weighted by Gasteiger charge is -2.34. The summed E-state index contributed by atoms with van der Waals surface area (Å²) < 4.78 is 0. The number of rotatable bonds is 12. The average molecular weight is 694 g/mol. The Morgan fingerprint density at radius 2 is 1.36 bits per heavy atom. The van der Waals surface area contributed by atoms with E-state index >= 15 is 0 Å². The van der Waals surface area contributed by atoms with Gasteiger partial charge in [-0.05, 0) is 93.8 Å². The normalized spacial score (nSPS) is 17.6. The molecule has 0 spiro atoms. The first kappa shape index (κ1) is 35.5. The second-order valence-electron chi connectivity index (χ2n) is 14.8. The van der Waals surface area contributed by atoms with E-state index in [0.717, 1.165) is 29.8 Å². The summed E-state index contributed by atoms with van der Waals surface area (Å²) in [6, 6.07) is 47.2. The third-order valence-electron chi connectivity index (χ3n) is 11.1. The van der Waals surface area contributed by atoms with Gasteiger partial charge in [-0.3, -0.25) is 4.79 Å². The Kier molecular flexibility index (Phi) is 10.0. The molecule has 0 amide bonds. The van der Waals surface area contributed by atoms with Crippen LogP contribution in [0, 0.1) is 6.92 Å². The monoisotopic (exact) mass is 693 g/mol. The van der Waals surface area contributed by atoms with E-state index in [0.29, 0.717) is 6.54 Å². The topological polar surface area (TPSA) is 40.5 Å². The van der Waals surface area contributed by atoms with Gasteiger partial charge in [0.15, 0.2) is 0 Å². The second kappa shape index (κ2) is 15.0. The van der Waals surface area contributed by atoms with Crippen LogP contribution in [0.15, 0.2) is 182 Å². The van der Waals surface area contributed by atoms with Crippen molar-refractivity contribution >= 4 is 33.2 Å². The summed E-state index contributed by atoms with van der Waals surface area (Å²) in [6.45, 7) is 11.9. The van der Waals surface area contributed by atoms with Gasteiger partial charge in [0.2, 0.25) is 0 Å². The molecule has 0 saturated heterocycles. The molecule has 0 fully saturated rings. The van der Waals surface area contributed by atoms with Crippen LogP contribution < -0.4 is 4.90 Å². The van der Waals surface area contributed by atoms with Crippen LogP contribution in [0.25, 0.3) is 21.5 Å². The van der Waals surface area contributed by atoms with E-state index in [-0.39, 0.29) is 11.8 Å². The molecule has 0 radical (unpaired) electrons. The zero-order chi connectivity index (χ0) is 37.0. The highest BCUT2D eigenvalue weighted by Crippen LogP contribution is 2.52. The molecule has 6 aromatic rings. The number of nitrogens with zero attached hydrogens (tertiary/aromatic N) is 1. The predicted octanol–water partition coefficient (Wildman–Crippen LogP) is 11.8. The quantitative estimate of drug-likeness (QED) is 0.130. The highest BCUT2D eigenvalue weighted by atomic mass is 16.4. The van der Waals surface area contributed by atoms with Gasteiger partial charge < -0.3 is 10.0 Å². The molecule has 7 rings (SSSR count). The number of hydrogen-bond donors (Lipinski definition) is 1. The fourth-order valence-electron chi connectivity index (χ4n) is 8.57. The fraction of sp³-hybridized carbons (Fsp3) is 0.180. The SMILES string of the molecule is C=C(/C=C/C=C/C=C1/N(CCC(=O)O)c2ccc3ccccc3c2C1(C)Cc1ccccc1)C(C)(Cc1ccccc1)c1c(C)ccc2ccccc12. The van der Waals surface area contributed by atoms with Gasteiger partial charge in [-0.25, -0.2) is 0 Å². The maximum atomic E-state index is 11.9. The molecular weight excluding hydrogens is 647 g/mol. The van der Waals surface area contributed by atoms with Crippen LogP contribution in [0.4, 0.5) is 5.69 Å². The molecule has 0 aliphatic carbocycles. The number of hydrogen-bond acceptors (Lipinski definition) is 2. The number of allylic oxidation sites excluding steroid dienone is 7. The minimum atomic E-state index is -0.805. The van der Waals surface area contributed by atoms with Crippen molar-refractivity contribution in [1.82, 2.24) is 0 Å². The molecule has 2 unspecified atom stereocenters. The number of anilines is 1. The van der Waals surface area contributed by atoms with Crippen molar-refractivity contribution in [2.45, 2.75) is 50.9 Å². The maximum absolute atomic E-state index is 11.9. The van der Waals surface area contributed by atoms with Gasteiger partial charge >= 0.3 is 5.97 Å². The first-order valence-electron chi connectivity index (χ1n) is 18.5. The van der Waals surface area contributed by atoms with E-state index in [9.17, 15) is 9.90 Å². The zero-order valence-corrected chi connectivity index (χ0v) is 30.9. The molecule has 1 aliphatic rings.